The average Bonchev–Trinajstić information content (AvgIpc) is 2.89. The highest BCUT2D eigenvalue weighted by Gasteiger charge is 2.24. The van der Waals surface area contributed by atoms with E-state index in [0.29, 0.717) is 24.7 Å². The predicted molar refractivity (Wildman–Crippen MR) is 74.5 cm³/mol. The first-order chi connectivity index (χ1) is 9.78. The van der Waals surface area contributed by atoms with Crippen molar-refractivity contribution in [3.05, 3.63) is 53.3 Å². The number of pyridine rings is 1. The second-order valence-electron chi connectivity index (χ2n) is 4.81. The molecule has 0 saturated heterocycles. The minimum Gasteiger partial charge on any atom is -0.493 e. The van der Waals surface area contributed by atoms with Crippen LogP contribution < -0.4 is 9.47 Å². The van der Waals surface area contributed by atoms with Gasteiger partial charge in [0.25, 0.3) is 0 Å². The van der Waals surface area contributed by atoms with Crippen LogP contribution in [0.2, 0.25) is 0 Å². The van der Waals surface area contributed by atoms with Crippen LogP contribution in [0.5, 0.6) is 11.5 Å². The molecule has 2 heterocycles. The second-order valence-corrected chi connectivity index (χ2v) is 4.81. The van der Waals surface area contributed by atoms with Crippen LogP contribution in [-0.4, -0.2) is 24.5 Å². The molecule has 1 aliphatic rings. The van der Waals surface area contributed by atoms with Crippen LogP contribution in [0.15, 0.2) is 36.4 Å². The molecule has 0 bridgehead atoms. The van der Waals surface area contributed by atoms with Gasteiger partial charge in [-0.3, -0.25) is 4.79 Å². The Bertz CT molecular complexity index is 639. The summed E-state index contributed by atoms with van der Waals surface area (Å²) in [6, 6.07) is 11.6. The van der Waals surface area contributed by atoms with Gasteiger partial charge in [0.2, 0.25) is 0 Å². The summed E-state index contributed by atoms with van der Waals surface area (Å²) in [7, 11) is 0. The van der Waals surface area contributed by atoms with Crippen LogP contribution in [-0.2, 0) is 0 Å². The molecule has 0 spiro atoms. The first kappa shape index (κ1) is 12.7. The molecule has 0 radical (unpaired) electrons. The number of nitrogens with zero attached hydrogens (tertiary/aromatic N) is 1. The molecule has 102 valence electrons. The van der Waals surface area contributed by atoms with E-state index in [1.807, 2.05) is 37.3 Å². The van der Waals surface area contributed by atoms with Crippen LogP contribution in [0.4, 0.5) is 0 Å². The van der Waals surface area contributed by atoms with Gasteiger partial charge in [0, 0.05) is 11.3 Å². The van der Waals surface area contributed by atoms with E-state index in [4.69, 9.17) is 9.47 Å². The molecule has 1 aliphatic heterocycles. The number of carbonyl (C=O) groups excluding carboxylic acids is 1. The predicted octanol–water partition coefficient (Wildman–Crippen LogP) is 2.76. The summed E-state index contributed by atoms with van der Waals surface area (Å²) in [5, 5.41) is 0. The van der Waals surface area contributed by atoms with E-state index in [0.717, 1.165) is 23.3 Å². The Balaban J connectivity index is 1.74. The zero-order valence-corrected chi connectivity index (χ0v) is 11.2. The second kappa shape index (κ2) is 5.33. The van der Waals surface area contributed by atoms with E-state index in [-0.39, 0.29) is 5.92 Å². The Labute approximate surface area is 117 Å². The van der Waals surface area contributed by atoms with Crippen molar-refractivity contribution >= 4 is 6.29 Å². The van der Waals surface area contributed by atoms with Gasteiger partial charge in [-0.15, -0.1) is 0 Å². The molecule has 3 rings (SSSR count). The Hall–Kier alpha value is -2.36. The molecule has 0 aliphatic carbocycles. The molecule has 2 aromatic rings. The van der Waals surface area contributed by atoms with Gasteiger partial charge in [0.15, 0.2) is 6.29 Å². The third-order valence-corrected chi connectivity index (χ3v) is 3.38. The van der Waals surface area contributed by atoms with E-state index in [9.17, 15) is 4.79 Å². The number of ether oxygens (including phenoxy) is 2. The Kier molecular flexibility index (Phi) is 3.37. The monoisotopic (exact) mass is 269 g/mol. The van der Waals surface area contributed by atoms with Crippen LogP contribution in [0, 0.1) is 6.92 Å². The fraction of sp³-hybridized carbons (Fsp3) is 0.250. The van der Waals surface area contributed by atoms with Gasteiger partial charge >= 0.3 is 0 Å². The number of para-hydroxylation sites is 1. The first-order valence-electron chi connectivity index (χ1n) is 6.55. The van der Waals surface area contributed by atoms with Crippen molar-refractivity contribution in [2.24, 2.45) is 0 Å². The van der Waals surface area contributed by atoms with E-state index < -0.39 is 0 Å². The maximum absolute atomic E-state index is 11.0. The van der Waals surface area contributed by atoms with E-state index in [1.165, 1.54) is 0 Å². The van der Waals surface area contributed by atoms with Gasteiger partial charge in [0.05, 0.1) is 19.1 Å². The highest BCUT2D eigenvalue weighted by atomic mass is 16.5. The molecule has 4 heteroatoms. The quantitative estimate of drug-likeness (QED) is 0.801. The van der Waals surface area contributed by atoms with Gasteiger partial charge in [-0.25, -0.2) is 4.98 Å². The topological polar surface area (TPSA) is 48.4 Å². The maximum Gasteiger partial charge on any atom is 0.172 e. The summed E-state index contributed by atoms with van der Waals surface area (Å²) in [6.07, 6.45) is 0.724. The van der Waals surface area contributed by atoms with Crippen molar-refractivity contribution in [3.8, 4) is 11.5 Å². The van der Waals surface area contributed by atoms with Crippen molar-refractivity contribution in [2.45, 2.75) is 12.8 Å². The highest BCUT2D eigenvalue weighted by molar-refractivity contribution is 5.76. The lowest BCUT2D eigenvalue weighted by Gasteiger charge is -2.12. The van der Waals surface area contributed by atoms with Gasteiger partial charge in [-0.2, -0.15) is 0 Å². The number of rotatable bonds is 4. The van der Waals surface area contributed by atoms with Crippen molar-refractivity contribution in [1.29, 1.82) is 0 Å². The van der Waals surface area contributed by atoms with Crippen molar-refractivity contribution < 1.29 is 14.3 Å². The van der Waals surface area contributed by atoms with Crippen LogP contribution >= 0.6 is 0 Å². The normalized spacial score (nSPS) is 16.4. The fourth-order valence-corrected chi connectivity index (χ4v) is 2.33. The largest absolute Gasteiger partial charge is 0.493 e. The molecule has 0 N–H and O–H groups in total. The SMILES string of the molecule is Cc1ccc(OCC2COc3ccccc32)c(C=O)n1. The summed E-state index contributed by atoms with van der Waals surface area (Å²) < 4.78 is 11.4. The molecule has 0 fully saturated rings. The summed E-state index contributed by atoms with van der Waals surface area (Å²) in [4.78, 5) is 15.2. The summed E-state index contributed by atoms with van der Waals surface area (Å²) in [5.74, 6) is 1.63. The van der Waals surface area contributed by atoms with Crippen molar-refractivity contribution in [3.63, 3.8) is 0 Å². The zero-order valence-electron chi connectivity index (χ0n) is 11.2. The zero-order chi connectivity index (χ0) is 13.9. The van der Waals surface area contributed by atoms with E-state index >= 15 is 0 Å². The molecule has 1 atom stereocenters. The van der Waals surface area contributed by atoms with Crippen molar-refractivity contribution in [2.75, 3.05) is 13.2 Å². The number of benzene rings is 1. The smallest absolute Gasteiger partial charge is 0.172 e. The van der Waals surface area contributed by atoms with E-state index in [1.54, 1.807) is 6.07 Å². The number of hydrogen-bond donors (Lipinski definition) is 0. The highest BCUT2D eigenvalue weighted by Crippen LogP contribution is 2.33. The Morgan fingerprint density at radius 2 is 2.20 bits per heavy atom. The third-order valence-electron chi connectivity index (χ3n) is 3.38. The molecule has 0 amide bonds. The molecule has 1 unspecified atom stereocenters. The average molecular weight is 269 g/mol. The number of fused-ring (bicyclic) bond motifs is 1. The minimum absolute atomic E-state index is 0.187. The first-order valence-corrected chi connectivity index (χ1v) is 6.55. The molecular formula is C16H15NO3. The van der Waals surface area contributed by atoms with Crippen LogP contribution in [0.25, 0.3) is 0 Å². The Morgan fingerprint density at radius 1 is 1.35 bits per heavy atom. The number of hydrogen-bond acceptors (Lipinski definition) is 4. The summed E-state index contributed by atoms with van der Waals surface area (Å²) in [6.45, 7) is 2.93. The summed E-state index contributed by atoms with van der Waals surface area (Å²) >= 11 is 0. The number of aromatic nitrogens is 1. The van der Waals surface area contributed by atoms with Gasteiger partial charge in [-0.05, 0) is 25.1 Å². The lowest BCUT2D eigenvalue weighted by atomic mass is 10.0. The molecule has 4 nitrogen and oxygen atoms in total. The summed E-state index contributed by atoms with van der Waals surface area (Å²) in [5.41, 5.74) is 2.30. The molecule has 0 saturated carbocycles. The standard InChI is InChI=1S/C16H15NO3/c1-11-6-7-16(14(8-18)17-11)20-10-12-9-19-15-5-3-2-4-13(12)15/h2-8,12H,9-10H2,1H3. The molecular weight excluding hydrogens is 254 g/mol. The number of aryl methyl sites for hydroxylation is 1. The van der Waals surface area contributed by atoms with Crippen LogP contribution in [0.1, 0.15) is 27.7 Å². The minimum atomic E-state index is 0.187. The lowest BCUT2D eigenvalue weighted by molar-refractivity contribution is 0.111. The number of aldehydes is 1. The van der Waals surface area contributed by atoms with Gasteiger partial charge in [0.1, 0.15) is 17.2 Å². The van der Waals surface area contributed by atoms with Crippen LogP contribution in [0.3, 0.4) is 0 Å². The van der Waals surface area contributed by atoms with Crippen molar-refractivity contribution in [1.82, 2.24) is 4.98 Å². The lowest BCUT2D eigenvalue weighted by Crippen LogP contribution is -2.13. The van der Waals surface area contributed by atoms with Gasteiger partial charge < -0.3 is 9.47 Å². The molecule has 1 aromatic heterocycles. The van der Waals surface area contributed by atoms with Gasteiger partial charge in [-0.1, -0.05) is 18.2 Å². The maximum atomic E-state index is 11.0. The van der Waals surface area contributed by atoms with E-state index in [2.05, 4.69) is 4.98 Å². The molecule has 20 heavy (non-hydrogen) atoms. The number of carbonyl (C=O) groups is 1. The third kappa shape index (κ3) is 2.37. The molecule has 1 aromatic carbocycles. The Morgan fingerprint density at radius 3 is 3.05 bits per heavy atom. The fourth-order valence-electron chi connectivity index (χ4n) is 2.33.